The second kappa shape index (κ2) is 5.01. The van der Waals surface area contributed by atoms with Gasteiger partial charge in [0.05, 0.1) is 15.6 Å². The molecule has 0 aliphatic rings. The van der Waals surface area contributed by atoms with Crippen molar-refractivity contribution in [3.8, 4) is 0 Å². The summed E-state index contributed by atoms with van der Waals surface area (Å²) in [5, 5.41) is 7.48. The molecule has 0 heterocycles. The molecule has 0 spiro atoms. The number of hydrogen-bond donors (Lipinski definition) is 2. The zero-order valence-electron chi connectivity index (χ0n) is 7.91. The lowest BCUT2D eigenvalue weighted by atomic mass is 10.3. The molecule has 1 rings (SSSR count). The van der Waals surface area contributed by atoms with E-state index in [1.54, 1.807) is 0 Å². The van der Waals surface area contributed by atoms with Crippen molar-refractivity contribution in [1.82, 2.24) is 0 Å². The van der Waals surface area contributed by atoms with Crippen LogP contribution in [0.3, 0.4) is 0 Å². The van der Waals surface area contributed by atoms with Crippen LogP contribution >= 0.6 is 23.2 Å². The van der Waals surface area contributed by atoms with Crippen molar-refractivity contribution in [1.29, 1.82) is 0 Å². The summed E-state index contributed by atoms with van der Waals surface area (Å²) >= 11 is 11.0. The molecular formula is C8H8Cl2N2O3S. The molecule has 0 aliphatic carbocycles. The molecule has 0 unspecified atom stereocenters. The fraction of sp³-hybridized carbons (Fsp3) is 0.125. The molecule has 3 N–H and O–H groups in total. The van der Waals surface area contributed by atoms with E-state index >= 15 is 0 Å². The molecule has 0 aromatic heterocycles. The predicted molar refractivity (Wildman–Crippen MR) is 62.2 cm³/mol. The Labute approximate surface area is 103 Å². The zero-order chi connectivity index (χ0) is 12.3. The van der Waals surface area contributed by atoms with E-state index in [1.165, 1.54) is 18.2 Å². The number of alkyl halides is 1. The maximum Gasteiger partial charge on any atom is 0.239 e. The second-order valence-electron chi connectivity index (χ2n) is 2.87. The van der Waals surface area contributed by atoms with Gasteiger partial charge in [0.15, 0.2) is 0 Å². The van der Waals surface area contributed by atoms with Gasteiger partial charge < -0.3 is 5.32 Å². The minimum atomic E-state index is -3.83. The number of sulfonamides is 1. The van der Waals surface area contributed by atoms with Crippen LogP contribution in [0.25, 0.3) is 0 Å². The fourth-order valence-corrected chi connectivity index (χ4v) is 1.73. The third-order valence-electron chi connectivity index (χ3n) is 1.66. The number of carbonyl (C=O) groups excluding carboxylic acids is 1. The van der Waals surface area contributed by atoms with Gasteiger partial charge in [0.25, 0.3) is 0 Å². The van der Waals surface area contributed by atoms with E-state index in [4.69, 9.17) is 28.3 Å². The van der Waals surface area contributed by atoms with Crippen LogP contribution in [0.15, 0.2) is 23.1 Å². The van der Waals surface area contributed by atoms with Gasteiger partial charge in [0.1, 0.15) is 5.88 Å². The van der Waals surface area contributed by atoms with Crippen molar-refractivity contribution in [3.05, 3.63) is 23.2 Å². The van der Waals surface area contributed by atoms with E-state index in [0.717, 1.165) is 0 Å². The molecule has 0 bridgehead atoms. The quantitative estimate of drug-likeness (QED) is 0.816. The smallest absolute Gasteiger partial charge is 0.239 e. The average molecular weight is 283 g/mol. The molecule has 1 amide bonds. The molecule has 0 aliphatic heterocycles. The van der Waals surface area contributed by atoms with Crippen molar-refractivity contribution in [2.24, 2.45) is 5.14 Å². The molecule has 1 aromatic rings. The zero-order valence-corrected chi connectivity index (χ0v) is 10.2. The first-order valence-electron chi connectivity index (χ1n) is 4.03. The summed E-state index contributed by atoms with van der Waals surface area (Å²) in [6.45, 7) is 0. The highest BCUT2D eigenvalue weighted by molar-refractivity contribution is 7.89. The van der Waals surface area contributed by atoms with Crippen molar-refractivity contribution < 1.29 is 13.2 Å². The number of nitrogens with one attached hydrogen (secondary N) is 1. The third-order valence-corrected chi connectivity index (χ3v) is 3.15. The number of nitrogens with two attached hydrogens (primary N) is 1. The van der Waals surface area contributed by atoms with Gasteiger partial charge in [0, 0.05) is 0 Å². The van der Waals surface area contributed by atoms with Crippen LogP contribution in [0.2, 0.25) is 5.02 Å². The molecule has 16 heavy (non-hydrogen) atoms. The minimum absolute atomic E-state index is 0.137. The van der Waals surface area contributed by atoms with E-state index in [0.29, 0.717) is 0 Å². The molecule has 0 saturated heterocycles. The molecule has 0 radical (unpaired) electrons. The van der Waals surface area contributed by atoms with Gasteiger partial charge in [-0.2, -0.15) is 0 Å². The Bertz CT molecular complexity index is 516. The van der Waals surface area contributed by atoms with Gasteiger partial charge in [-0.3, -0.25) is 4.79 Å². The van der Waals surface area contributed by atoms with Crippen molar-refractivity contribution in [2.45, 2.75) is 4.90 Å². The summed E-state index contributed by atoms with van der Waals surface area (Å²) in [6.07, 6.45) is 0. The standard InChI is InChI=1S/C8H8Cl2N2O3S/c9-4-8(13)12-7-3-5(16(11,14)15)1-2-6(7)10/h1-3H,4H2,(H,12,13)(H2,11,14,15). The Kier molecular flexibility index (Phi) is 4.15. The van der Waals surface area contributed by atoms with Gasteiger partial charge >= 0.3 is 0 Å². The maximum absolute atomic E-state index is 11.0. The van der Waals surface area contributed by atoms with Crippen LogP contribution in [0.4, 0.5) is 5.69 Å². The number of rotatable bonds is 3. The average Bonchev–Trinajstić information content (AvgIpc) is 2.19. The van der Waals surface area contributed by atoms with Crippen LogP contribution in [0.1, 0.15) is 0 Å². The van der Waals surface area contributed by atoms with Gasteiger partial charge in [0.2, 0.25) is 15.9 Å². The highest BCUT2D eigenvalue weighted by atomic mass is 35.5. The first kappa shape index (κ1) is 13.2. The van der Waals surface area contributed by atoms with Crippen molar-refractivity contribution in [3.63, 3.8) is 0 Å². The van der Waals surface area contributed by atoms with Gasteiger partial charge in [-0.25, -0.2) is 13.6 Å². The number of anilines is 1. The highest BCUT2D eigenvalue weighted by Gasteiger charge is 2.12. The Balaban J connectivity index is 3.14. The molecule has 8 heteroatoms. The molecule has 0 atom stereocenters. The Morgan fingerprint density at radius 1 is 1.44 bits per heavy atom. The minimum Gasteiger partial charge on any atom is -0.324 e. The number of halogens is 2. The van der Waals surface area contributed by atoms with E-state index < -0.39 is 15.9 Å². The molecule has 5 nitrogen and oxygen atoms in total. The van der Waals surface area contributed by atoms with Gasteiger partial charge in [-0.05, 0) is 18.2 Å². The number of benzene rings is 1. The first-order valence-corrected chi connectivity index (χ1v) is 6.48. The van der Waals surface area contributed by atoms with Crippen molar-refractivity contribution in [2.75, 3.05) is 11.2 Å². The molecule has 88 valence electrons. The number of carbonyl (C=O) groups is 1. The van der Waals surface area contributed by atoms with Gasteiger partial charge in [-0.15, -0.1) is 11.6 Å². The van der Waals surface area contributed by atoms with E-state index in [1.807, 2.05) is 0 Å². The number of primary sulfonamides is 1. The highest BCUT2D eigenvalue weighted by Crippen LogP contribution is 2.24. The van der Waals surface area contributed by atoms with Crippen LogP contribution in [0, 0.1) is 0 Å². The lowest BCUT2D eigenvalue weighted by molar-refractivity contribution is -0.113. The number of hydrogen-bond acceptors (Lipinski definition) is 3. The molecular weight excluding hydrogens is 275 g/mol. The van der Waals surface area contributed by atoms with Gasteiger partial charge in [-0.1, -0.05) is 11.6 Å². The summed E-state index contributed by atoms with van der Waals surface area (Å²) < 4.78 is 22.1. The van der Waals surface area contributed by atoms with Crippen LogP contribution in [-0.2, 0) is 14.8 Å². The monoisotopic (exact) mass is 282 g/mol. The Morgan fingerprint density at radius 2 is 2.06 bits per heavy atom. The summed E-state index contributed by atoms with van der Waals surface area (Å²) in [4.78, 5) is 10.9. The Hall–Kier alpha value is -0.820. The topological polar surface area (TPSA) is 89.3 Å². The second-order valence-corrected chi connectivity index (χ2v) is 5.10. The van der Waals surface area contributed by atoms with E-state index in [9.17, 15) is 13.2 Å². The van der Waals surface area contributed by atoms with Crippen LogP contribution < -0.4 is 10.5 Å². The predicted octanol–water partition coefficient (Wildman–Crippen LogP) is 1.16. The largest absolute Gasteiger partial charge is 0.324 e. The molecule has 1 aromatic carbocycles. The first-order chi connectivity index (χ1) is 7.34. The lowest BCUT2D eigenvalue weighted by Gasteiger charge is -2.07. The van der Waals surface area contributed by atoms with Crippen molar-refractivity contribution >= 4 is 44.8 Å². The fourth-order valence-electron chi connectivity index (χ4n) is 0.961. The number of amides is 1. The summed E-state index contributed by atoms with van der Waals surface area (Å²) in [6, 6.07) is 3.74. The summed E-state index contributed by atoms with van der Waals surface area (Å²) in [5.74, 6) is -0.745. The van der Waals surface area contributed by atoms with E-state index in [2.05, 4.69) is 5.32 Å². The lowest BCUT2D eigenvalue weighted by Crippen LogP contribution is -2.15. The maximum atomic E-state index is 11.0. The van der Waals surface area contributed by atoms with Crippen LogP contribution in [0.5, 0.6) is 0 Å². The Morgan fingerprint density at radius 3 is 2.56 bits per heavy atom. The van der Waals surface area contributed by atoms with E-state index in [-0.39, 0.29) is 21.5 Å². The SMILES string of the molecule is NS(=O)(=O)c1ccc(Cl)c(NC(=O)CCl)c1. The normalized spacial score (nSPS) is 11.2. The van der Waals surface area contributed by atoms with Crippen LogP contribution in [-0.4, -0.2) is 20.2 Å². The third kappa shape index (κ3) is 3.34. The molecule has 0 fully saturated rings. The summed E-state index contributed by atoms with van der Waals surface area (Å²) in [5.41, 5.74) is 0.152. The molecule has 0 saturated carbocycles. The summed E-state index contributed by atoms with van der Waals surface area (Å²) in [7, 11) is -3.83.